The number of rotatable bonds is 5. The minimum Gasteiger partial charge on any atom is -0.441 e. The average molecular weight is 393 g/mol. The molecule has 142 valence electrons. The second-order valence-electron chi connectivity index (χ2n) is 6.81. The number of aromatic nitrogens is 1. The van der Waals surface area contributed by atoms with Gasteiger partial charge in [-0.2, -0.15) is 0 Å². The fourth-order valence-electron chi connectivity index (χ4n) is 3.36. The lowest BCUT2D eigenvalue weighted by Crippen LogP contribution is -2.34. The van der Waals surface area contributed by atoms with Gasteiger partial charge in [-0.25, -0.2) is 4.98 Å². The Bertz CT molecular complexity index is 977. The van der Waals surface area contributed by atoms with E-state index in [9.17, 15) is 4.79 Å². The molecule has 0 aliphatic carbocycles. The maximum absolute atomic E-state index is 12.5. The Hall–Kier alpha value is -2.85. The van der Waals surface area contributed by atoms with Crippen LogP contribution in [0.4, 0.5) is 0 Å². The number of hydrogen-bond acceptors (Lipinski definition) is 3. The predicted molar refractivity (Wildman–Crippen MR) is 111 cm³/mol. The zero-order chi connectivity index (χ0) is 19.3. The lowest BCUT2D eigenvalue weighted by molar-refractivity contribution is -0.130. The van der Waals surface area contributed by atoms with Crippen molar-refractivity contribution in [3.8, 4) is 11.3 Å². The molecule has 1 aromatic heterocycles. The summed E-state index contributed by atoms with van der Waals surface area (Å²) in [6.07, 6.45) is 5.63. The second kappa shape index (κ2) is 8.44. The molecule has 0 saturated heterocycles. The Balaban J connectivity index is 1.32. The second-order valence-corrected chi connectivity index (χ2v) is 7.25. The zero-order valence-corrected chi connectivity index (χ0v) is 16.2. The maximum Gasteiger partial charge on any atom is 0.223 e. The van der Waals surface area contributed by atoms with Crippen LogP contribution in [0.3, 0.4) is 0 Å². The molecule has 0 fully saturated rings. The summed E-state index contributed by atoms with van der Waals surface area (Å²) in [5, 5.41) is 0.681. The van der Waals surface area contributed by atoms with Crippen LogP contribution in [0.5, 0.6) is 0 Å². The largest absolute Gasteiger partial charge is 0.441 e. The highest BCUT2D eigenvalue weighted by Crippen LogP contribution is 2.24. The highest BCUT2D eigenvalue weighted by Gasteiger charge is 2.18. The Labute approximate surface area is 169 Å². The SMILES string of the molecule is O=C(CCc1ncc(-c2ccc(Cl)cc2)o1)N1CC=C(c2ccccc2)CC1. The molecule has 4 nitrogen and oxygen atoms in total. The van der Waals surface area contributed by atoms with Crippen LogP contribution in [0, 0.1) is 0 Å². The first kappa shape index (κ1) is 18.5. The monoisotopic (exact) mass is 392 g/mol. The molecule has 0 bridgehead atoms. The number of hydrogen-bond donors (Lipinski definition) is 0. The van der Waals surface area contributed by atoms with Gasteiger partial charge in [-0.05, 0) is 41.8 Å². The van der Waals surface area contributed by atoms with Crippen LogP contribution in [0.15, 0.2) is 71.3 Å². The summed E-state index contributed by atoms with van der Waals surface area (Å²) in [5.74, 6) is 1.40. The summed E-state index contributed by atoms with van der Waals surface area (Å²) in [5.41, 5.74) is 3.47. The lowest BCUT2D eigenvalue weighted by atomic mass is 9.99. The van der Waals surface area contributed by atoms with Gasteiger partial charge in [0.2, 0.25) is 5.91 Å². The van der Waals surface area contributed by atoms with E-state index < -0.39 is 0 Å². The summed E-state index contributed by atoms with van der Waals surface area (Å²) in [6.45, 7) is 1.41. The number of oxazole rings is 1. The molecule has 0 N–H and O–H groups in total. The summed E-state index contributed by atoms with van der Waals surface area (Å²) < 4.78 is 5.79. The maximum atomic E-state index is 12.5. The van der Waals surface area contributed by atoms with Gasteiger partial charge < -0.3 is 9.32 Å². The van der Waals surface area contributed by atoms with Crippen molar-refractivity contribution in [1.82, 2.24) is 9.88 Å². The van der Waals surface area contributed by atoms with Gasteiger partial charge in [0, 0.05) is 36.5 Å². The predicted octanol–water partition coefficient (Wildman–Crippen LogP) is 5.24. The third-order valence-electron chi connectivity index (χ3n) is 4.94. The van der Waals surface area contributed by atoms with Crippen LogP contribution >= 0.6 is 11.6 Å². The van der Waals surface area contributed by atoms with Crippen molar-refractivity contribution in [2.24, 2.45) is 0 Å². The van der Waals surface area contributed by atoms with E-state index in [1.54, 1.807) is 6.20 Å². The van der Waals surface area contributed by atoms with E-state index in [-0.39, 0.29) is 5.91 Å². The molecule has 0 unspecified atom stereocenters. The van der Waals surface area contributed by atoms with Crippen molar-refractivity contribution in [2.45, 2.75) is 19.3 Å². The van der Waals surface area contributed by atoms with Crippen molar-refractivity contribution in [1.29, 1.82) is 0 Å². The van der Waals surface area contributed by atoms with Crippen molar-refractivity contribution < 1.29 is 9.21 Å². The van der Waals surface area contributed by atoms with Crippen molar-refractivity contribution in [3.05, 3.63) is 83.3 Å². The van der Waals surface area contributed by atoms with Crippen LogP contribution in [-0.2, 0) is 11.2 Å². The van der Waals surface area contributed by atoms with E-state index in [1.807, 2.05) is 47.4 Å². The first-order chi connectivity index (χ1) is 13.7. The summed E-state index contributed by atoms with van der Waals surface area (Å²) in [7, 11) is 0. The fourth-order valence-corrected chi connectivity index (χ4v) is 3.48. The van der Waals surface area contributed by atoms with E-state index in [1.165, 1.54) is 11.1 Å². The lowest BCUT2D eigenvalue weighted by Gasteiger charge is -2.26. The molecule has 28 heavy (non-hydrogen) atoms. The molecular weight excluding hydrogens is 372 g/mol. The average Bonchev–Trinajstić information content (AvgIpc) is 3.22. The first-order valence-corrected chi connectivity index (χ1v) is 9.80. The van der Waals surface area contributed by atoms with E-state index in [4.69, 9.17) is 16.0 Å². The topological polar surface area (TPSA) is 46.3 Å². The third-order valence-corrected chi connectivity index (χ3v) is 5.19. The molecule has 1 aliphatic rings. The van der Waals surface area contributed by atoms with E-state index in [0.29, 0.717) is 36.1 Å². The smallest absolute Gasteiger partial charge is 0.223 e. The first-order valence-electron chi connectivity index (χ1n) is 9.42. The van der Waals surface area contributed by atoms with Gasteiger partial charge in [-0.3, -0.25) is 4.79 Å². The van der Waals surface area contributed by atoms with E-state index in [0.717, 1.165) is 18.5 Å². The highest BCUT2D eigenvalue weighted by molar-refractivity contribution is 6.30. The number of halogens is 1. The van der Waals surface area contributed by atoms with Gasteiger partial charge in [-0.15, -0.1) is 0 Å². The van der Waals surface area contributed by atoms with Crippen LogP contribution in [0.25, 0.3) is 16.9 Å². The molecular formula is C23H21ClN2O2. The number of carbonyl (C=O) groups is 1. The van der Waals surface area contributed by atoms with Crippen molar-refractivity contribution >= 4 is 23.1 Å². The fraction of sp³-hybridized carbons (Fsp3) is 0.217. The van der Waals surface area contributed by atoms with Gasteiger partial charge in [0.15, 0.2) is 11.7 Å². The van der Waals surface area contributed by atoms with Crippen LogP contribution < -0.4 is 0 Å². The molecule has 4 rings (SSSR count). The molecule has 0 spiro atoms. The molecule has 3 aromatic rings. The van der Waals surface area contributed by atoms with Gasteiger partial charge in [-0.1, -0.05) is 48.0 Å². The Morgan fingerprint density at radius 2 is 1.86 bits per heavy atom. The molecule has 1 aliphatic heterocycles. The number of benzene rings is 2. The zero-order valence-electron chi connectivity index (χ0n) is 15.5. The number of aryl methyl sites for hydroxylation is 1. The minimum atomic E-state index is 0.134. The quantitative estimate of drug-likeness (QED) is 0.596. The molecule has 5 heteroatoms. The number of amides is 1. The molecule has 0 atom stereocenters. The standard InChI is InChI=1S/C23H21ClN2O2/c24-20-8-6-19(7-9-20)21-16-25-22(28-21)10-11-23(27)26-14-12-18(13-15-26)17-4-2-1-3-5-17/h1-9,12,16H,10-11,13-15H2. The molecule has 2 aromatic carbocycles. The van der Waals surface area contributed by atoms with Crippen LogP contribution in [0.2, 0.25) is 5.02 Å². The summed E-state index contributed by atoms with van der Waals surface area (Å²) in [4.78, 5) is 18.7. The van der Waals surface area contributed by atoms with Gasteiger partial charge in [0.25, 0.3) is 0 Å². The summed E-state index contributed by atoms with van der Waals surface area (Å²) in [6, 6.07) is 17.7. The Morgan fingerprint density at radius 1 is 1.07 bits per heavy atom. The van der Waals surface area contributed by atoms with Gasteiger partial charge >= 0.3 is 0 Å². The minimum absolute atomic E-state index is 0.134. The Kier molecular flexibility index (Phi) is 5.58. The van der Waals surface area contributed by atoms with Crippen molar-refractivity contribution in [2.75, 3.05) is 13.1 Å². The molecule has 2 heterocycles. The third kappa shape index (κ3) is 4.34. The summed E-state index contributed by atoms with van der Waals surface area (Å²) >= 11 is 5.91. The van der Waals surface area contributed by atoms with Gasteiger partial charge in [0.05, 0.1) is 6.20 Å². The van der Waals surface area contributed by atoms with E-state index in [2.05, 4.69) is 23.2 Å². The van der Waals surface area contributed by atoms with Crippen LogP contribution in [0.1, 0.15) is 24.3 Å². The van der Waals surface area contributed by atoms with Crippen LogP contribution in [-0.4, -0.2) is 28.9 Å². The number of nitrogens with zero attached hydrogens (tertiary/aromatic N) is 2. The van der Waals surface area contributed by atoms with Crippen molar-refractivity contribution in [3.63, 3.8) is 0 Å². The molecule has 1 amide bonds. The van der Waals surface area contributed by atoms with E-state index >= 15 is 0 Å². The molecule has 0 saturated carbocycles. The normalized spacial score (nSPS) is 14.0. The Morgan fingerprint density at radius 3 is 2.57 bits per heavy atom. The number of carbonyl (C=O) groups excluding carboxylic acids is 1. The van der Waals surface area contributed by atoms with Gasteiger partial charge in [0.1, 0.15) is 0 Å². The highest BCUT2D eigenvalue weighted by atomic mass is 35.5. The molecule has 0 radical (unpaired) electrons.